The summed E-state index contributed by atoms with van der Waals surface area (Å²) in [5.74, 6) is -48.8. The molecule has 0 aromatic heterocycles. The van der Waals surface area contributed by atoms with E-state index in [1.807, 2.05) is 21.3 Å². The van der Waals surface area contributed by atoms with Crippen LogP contribution in [-0.4, -0.2) is 373 Å². The molecule has 0 rings (SSSR count). The van der Waals surface area contributed by atoms with Crippen LogP contribution in [0.3, 0.4) is 0 Å². The number of carboxylic acids is 16. The number of aliphatic carboxylic acids is 16. The molecule has 0 aromatic rings. The van der Waals surface area contributed by atoms with Crippen LogP contribution in [-0.2, 0) is 153 Å². The fraction of sp³-hybridized carbons (Fsp3) is 0.569. The van der Waals surface area contributed by atoms with Crippen molar-refractivity contribution in [3.8, 4) is 0 Å². The van der Waals surface area contributed by atoms with E-state index in [9.17, 15) is 216 Å². The molecule has 0 radical (unpaired) electrons. The Bertz CT molecular complexity index is 3540. The maximum atomic E-state index is 13.7. The third kappa shape index (κ3) is 48.1. The molecule has 696 valence electrons. The Hall–Kier alpha value is -15.0. The lowest BCUT2D eigenvalue weighted by molar-refractivity contribution is -0.148. The standard InChI is InChI=1S/C65H88N12O48/c78-37(66-25(53(102)74-33(61(114)115)17-49(94)95)9-41(82)70-29(57(106)107)13-45(86)87)1-5-122-21-65(22-123-6-2-38(79)67-26(54(103)75-34(62(116)117)18-50(96)97)10-42(83)71-30(58(108)109)14-46(88)89,23-124-7-3-39(80)68-27(55(104)76-35(63(118)119)19-51(98)99)11-43(84)72-31(59(110)111)15-47(90)91)24-125-8-4-40(81)69-28(56(105)77-36(64(120)121)20-52(100)101)12-44(85)73-32(60(112)113)16-48(92)93/h25-36H,1-24H2,(H,66,78)(H,67,79)(H,68,80)(H,69,81)(H,70,82)(H,71,83)(H,72,84)(H,73,85)(H,74,102)(H,75,103)(H,76,104)(H,77,105)(H,86,87)(H,88,89)(H,90,91)(H,92,93)(H,94,95)(H,96,97)(H,98,99)(H,100,101)(H,106,107)(H,108,109)(H,110,111)(H,112,113)(H,114,115)(H,116,117)(H,118,119)(H,120,121). The molecule has 12 atom stereocenters. The molecule has 0 aliphatic heterocycles. The highest BCUT2D eigenvalue weighted by atomic mass is 16.5. The highest BCUT2D eigenvalue weighted by Crippen LogP contribution is 2.22. The van der Waals surface area contributed by atoms with Crippen molar-refractivity contribution in [2.24, 2.45) is 5.41 Å². The molecule has 0 aromatic carbocycles. The van der Waals surface area contributed by atoms with Crippen LogP contribution >= 0.6 is 0 Å². The van der Waals surface area contributed by atoms with Gasteiger partial charge in [-0.2, -0.15) is 0 Å². The van der Waals surface area contributed by atoms with E-state index in [2.05, 4.69) is 0 Å². The molecule has 0 aliphatic carbocycles. The Morgan fingerprint density at radius 3 is 0.432 bits per heavy atom. The van der Waals surface area contributed by atoms with Crippen LogP contribution < -0.4 is 63.8 Å². The number of ether oxygens (including phenoxy) is 4. The number of hydrogen-bond acceptors (Lipinski definition) is 32. The monoisotopic (exact) mass is 1800 g/mol. The number of carboxylic acid groups (broad SMARTS) is 16. The summed E-state index contributed by atoms with van der Waals surface area (Å²) in [4.78, 5) is 348. The molecule has 0 saturated carbocycles. The second-order valence-corrected chi connectivity index (χ2v) is 26.2. The summed E-state index contributed by atoms with van der Waals surface area (Å²) < 4.78 is 23.1. The average molecular weight is 1810 g/mol. The Labute approximate surface area is 696 Å². The van der Waals surface area contributed by atoms with E-state index in [1.54, 1.807) is 42.5 Å². The van der Waals surface area contributed by atoms with Crippen LogP contribution in [0, 0.1) is 5.41 Å². The van der Waals surface area contributed by atoms with Crippen LogP contribution in [0.2, 0.25) is 0 Å². The number of rotatable bonds is 68. The number of carbonyl (C=O) groups is 28. The van der Waals surface area contributed by atoms with Gasteiger partial charge in [-0.1, -0.05) is 0 Å². The van der Waals surface area contributed by atoms with Crippen molar-refractivity contribution in [2.45, 2.75) is 175 Å². The largest absolute Gasteiger partial charge is 0.481 e. The van der Waals surface area contributed by atoms with Gasteiger partial charge in [0.05, 0.1) is 135 Å². The summed E-state index contributed by atoms with van der Waals surface area (Å²) in [6.45, 7) is -8.12. The first-order valence-corrected chi connectivity index (χ1v) is 35.5. The topological polar surface area (TPSA) is 983 Å². The van der Waals surface area contributed by atoms with E-state index in [0.717, 1.165) is 0 Å². The molecule has 0 fully saturated rings. The highest BCUT2D eigenvalue weighted by molar-refractivity contribution is 6.00. The number of amides is 12. The minimum Gasteiger partial charge on any atom is -0.481 e. The van der Waals surface area contributed by atoms with Crippen molar-refractivity contribution in [1.29, 1.82) is 0 Å². The predicted octanol–water partition coefficient (Wildman–Crippen LogP) is -12.5. The van der Waals surface area contributed by atoms with Crippen LogP contribution in [0.15, 0.2) is 0 Å². The van der Waals surface area contributed by atoms with Gasteiger partial charge in [-0.05, 0) is 0 Å². The first-order chi connectivity index (χ1) is 58.0. The summed E-state index contributed by atoms with van der Waals surface area (Å²) in [7, 11) is 0. The van der Waals surface area contributed by atoms with Gasteiger partial charge in [0.1, 0.15) is 72.5 Å². The maximum Gasteiger partial charge on any atom is 0.326 e. The third-order valence-corrected chi connectivity index (χ3v) is 15.7. The first kappa shape index (κ1) is 110. The van der Waals surface area contributed by atoms with Crippen molar-refractivity contribution >= 4 is 166 Å². The second kappa shape index (κ2) is 55.8. The molecule has 12 amide bonds. The Morgan fingerprint density at radius 2 is 0.304 bits per heavy atom. The fourth-order valence-corrected chi connectivity index (χ4v) is 9.81. The van der Waals surface area contributed by atoms with Crippen LogP contribution in [0.1, 0.15) is 103 Å². The van der Waals surface area contributed by atoms with Gasteiger partial charge in [0.25, 0.3) is 0 Å². The minimum absolute atomic E-state index is 0.987. The smallest absolute Gasteiger partial charge is 0.326 e. The lowest BCUT2D eigenvalue weighted by atomic mass is 9.92. The van der Waals surface area contributed by atoms with Crippen molar-refractivity contribution in [1.82, 2.24) is 63.8 Å². The van der Waals surface area contributed by atoms with Crippen molar-refractivity contribution < 1.29 is 235 Å². The van der Waals surface area contributed by atoms with Crippen molar-refractivity contribution in [3.05, 3.63) is 0 Å². The molecular weight excluding hydrogens is 1720 g/mol. The van der Waals surface area contributed by atoms with E-state index in [0.29, 0.717) is 0 Å². The molecule has 0 saturated heterocycles. The Balaban J connectivity index is 8.48. The molecule has 60 heteroatoms. The maximum absolute atomic E-state index is 13.7. The zero-order valence-corrected chi connectivity index (χ0v) is 64.6. The van der Waals surface area contributed by atoms with E-state index in [4.69, 9.17) is 18.9 Å². The number of hydrogen-bond donors (Lipinski definition) is 28. The minimum atomic E-state index is -2.33. The summed E-state index contributed by atoms with van der Waals surface area (Å²) in [6.07, 6.45) is -20.3. The van der Waals surface area contributed by atoms with Crippen LogP contribution in [0.4, 0.5) is 0 Å². The lowest BCUT2D eigenvalue weighted by Gasteiger charge is -2.33. The van der Waals surface area contributed by atoms with Crippen LogP contribution in [0.25, 0.3) is 0 Å². The molecule has 125 heavy (non-hydrogen) atoms. The van der Waals surface area contributed by atoms with E-state index >= 15 is 0 Å². The Kier molecular flexibility index (Phi) is 49.1. The zero-order chi connectivity index (χ0) is 95.9. The summed E-state index contributed by atoms with van der Waals surface area (Å²) in [6, 6.07) is -27.5. The van der Waals surface area contributed by atoms with Gasteiger partial charge in [-0.15, -0.1) is 0 Å². The first-order valence-electron chi connectivity index (χ1n) is 35.5. The molecular formula is C65H88N12O48. The summed E-state index contributed by atoms with van der Waals surface area (Å²) in [5, 5.41) is 172. The second-order valence-electron chi connectivity index (χ2n) is 26.2. The third-order valence-electron chi connectivity index (χ3n) is 15.7. The van der Waals surface area contributed by atoms with E-state index in [1.165, 1.54) is 0 Å². The van der Waals surface area contributed by atoms with Crippen molar-refractivity contribution in [2.75, 3.05) is 52.9 Å². The molecule has 0 heterocycles. The average Bonchev–Trinajstić information content (AvgIpc) is 0.711. The SMILES string of the molecule is O=C(O)CC(NC(=O)CC(NC(=O)CCOCC(COCCC(=O)NC(CC(=O)NC(CC(=O)O)C(=O)O)C(=O)NC(CC(=O)O)C(=O)O)(COCCC(=O)NC(CC(=O)NC(CC(=O)O)C(=O)O)C(=O)NC(CC(=O)O)C(=O)O)COCCC(=O)NC(CC(=O)NC(CC(=O)O)C(=O)O)C(=O)NC(CC(=O)O)C(=O)O)C(=O)NC(CC(=O)O)C(=O)O)C(=O)O. The highest BCUT2D eigenvalue weighted by Gasteiger charge is 2.39. The van der Waals surface area contributed by atoms with E-state index in [-0.39, 0.29) is 0 Å². The van der Waals surface area contributed by atoms with E-state index < -0.39 is 400 Å². The molecule has 28 N–H and O–H groups in total. The van der Waals surface area contributed by atoms with Gasteiger partial charge in [0.15, 0.2) is 0 Å². The normalized spacial score (nSPS) is 14.1. The quantitative estimate of drug-likeness (QED) is 0.0251. The molecule has 0 aliphatic rings. The lowest BCUT2D eigenvalue weighted by Crippen LogP contribution is -2.54. The molecule has 60 nitrogen and oxygen atoms in total. The molecule has 0 spiro atoms. The summed E-state index contributed by atoms with van der Waals surface area (Å²) in [5.41, 5.74) is -2.21. The summed E-state index contributed by atoms with van der Waals surface area (Å²) >= 11 is 0. The van der Waals surface area contributed by atoms with Gasteiger partial charge in [0, 0.05) is 25.7 Å². The van der Waals surface area contributed by atoms with Gasteiger partial charge < -0.3 is 164 Å². The fourth-order valence-electron chi connectivity index (χ4n) is 9.81. The van der Waals surface area contributed by atoms with Gasteiger partial charge >= 0.3 is 95.5 Å². The number of nitrogens with one attached hydrogen (secondary N) is 12. The van der Waals surface area contributed by atoms with Crippen LogP contribution in [0.5, 0.6) is 0 Å². The van der Waals surface area contributed by atoms with Gasteiger partial charge in [-0.3, -0.25) is 95.9 Å². The molecule has 12 unspecified atom stereocenters. The van der Waals surface area contributed by atoms with Gasteiger partial charge in [-0.25, -0.2) is 38.4 Å². The zero-order valence-electron chi connectivity index (χ0n) is 64.6. The number of carbonyl (C=O) groups excluding carboxylic acids is 12. The van der Waals surface area contributed by atoms with Crippen molar-refractivity contribution in [3.63, 3.8) is 0 Å². The molecule has 0 bridgehead atoms. The van der Waals surface area contributed by atoms with Gasteiger partial charge in [0.2, 0.25) is 70.9 Å². The Morgan fingerprint density at radius 1 is 0.176 bits per heavy atom. The predicted molar refractivity (Wildman–Crippen MR) is 385 cm³/mol.